The lowest BCUT2D eigenvalue weighted by Gasteiger charge is -2.24. The molecular weight excluding hydrogens is 504 g/mol. The van der Waals surface area contributed by atoms with Crippen molar-refractivity contribution in [2.45, 2.75) is 57.6 Å². The number of nitro groups is 1. The van der Waals surface area contributed by atoms with Gasteiger partial charge in [0.05, 0.1) is 4.92 Å². The van der Waals surface area contributed by atoms with Gasteiger partial charge in [0.1, 0.15) is 12.2 Å². The topological polar surface area (TPSA) is 174 Å². The molecule has 15 heteroatoms. The fraction of sp³-hybridized carbons (Fsp3) is 0.550. The zero-order valence-electron chi connectivity index (χ0n) is 19.7. The Balaban J connectivity index is 2.01. The summed E-state index contributed by atoms with van der Waals surface area (Å²) in [6.07, 6.45) is -1.58. The van der Waals surface area contributed by atoms with Crippen LogP contribution < -0.4 is 9.44 Å². The molecule has 0 radical (unpaired) electrons. The number of benzene rings is 1. The van der Waals surface area contributed by atoms with Crippen LogP contribution in [0.15, 0.2) is 24.3 Å². The van der Waals surface area contributed by atoms with Crippen LogP contribution in [0.25, 0.3) is 0 Å². The second kappa shape index (κ2) is 11.7. The van der Waals surface area contributed by atoms with Crippen molar-refractivity contribution in [1.29, 1.82) is 0 Å². The Hall–Kier alpha value is -2.91. The van der Waals surface area contributed by atoms with E-state index in [2.05, 4.69) is 4.72 Å². The molecule has 0 saturated carbocycles. The molecule has 0 aromatic heterocycles. The zero-order chi connectivity index (χ0) is 26.4. The molecule has 35 heavy (non-hydrogen) atoms. The molecule has 1 saturated heterocycles. The fourth-order valence-electron chi connectivity index (χ4n) is 3.20. The van der Waals surface area contributed by atoms with E-state index in [0.717, 1.165) is 11.8 Å². The van der Waals surface area contributed by atoms with Crippen LogP contribution in [0.3, 0.4) is 0 Å². The molecule has 2 atom stereocenters. The normalized spacial score (nSPS) is 18.1. The molecule has 0 aliphatic carbocycles. The Kier molecular flexibility index (Phi) is 9.45. The maximum atomic E-state index is 12.7. The number of non-ortho nitro benzene ring substituents is 1. The lowest BCUT2D eigenvalue weighted by atomic mass is 10.2. The Morgan fingerprint density at radius 2 is 1.86 bits per heavy atom. The van der Waals surface area contributed by atoms with Crippen LogP contribution in [0, 0.1) is 10.1 Å². The van der Waals surface area contributed by atoms with Crippen molar-refractivity contribution in [3.63, 3.8) is 0 Å². The first-order valence-electron chi connectivity index (χ1n) is 10.5. The molecule has 2 amide bonds. The van der Waals surface area contributed by atoms with E-state index in [0.29, 0.717) is 12.0 Å². The largest absolute Gasteiger partial charge is 0.445 e. The molecule has 1 aliphatic heterocycles. The van der Waals surface area contributed by atoms with Gasteiger partial charge < -0.3 is 14.4 Å². The van der Waals surface area contributed by atoms with Gasteiger partial charge >= 0.3 is 22.4 Å². The van der Waals surface area contributed by atoms with Crippen LogP contribution in [0.4, 0.5) is 15.3 Å². The van der Waals surface area contributed by atoms with Crippen LogP contribution in [0.2, 0.25) is 0 Å². The van der Waals surface area contributed by atoms with Crippen LogP contribution >= 0.6 is 11.8 Å². The third-order valence-corrected chi connectivity index (χ3v) is 6.57. The Morgan fingerprint density at radius 1 is 1.23 bits per heavy atom. The zero-order valence-corrected chi connectivity index (χ0v) is 21.3. The number of nitrogens with zero attached hydrogens (tertiary/aromatic N) is 2. The predicted octanol–water partition coefficient (Wildman–Crippen LogP) is 2.31. The minimum absolute atomic E-state index is 0.101. The van der Waals surface area contributed by atoms with Gasteiger partial charge in [-0.05, 0) is 44.9 Å². The van der Waals surface area contributed by atoms with Crippen LogP contribution in [0.5, 0.6) is 0 Å². The number of hydrogen-bond acceptors (Lipinski definition) is 10. The van der Waals surface area contributed by atoms with Crippen molar-refractivity contribution in [3.8, 4) is 0 Å². The standard InChI is InChI=1S/C20H28N4O9S2/c1-13(25)34-17-9-16(10-21-35(30,31)22-18(26)33-20(2,3)4)23(11-17)19(27)32-12-14-5-7-15(8-6-14)24(28)29/h5-8,16-17,21H,9-12H2,1-4H3,(H,22,26)/t16-,17-/m0/s1. The number of carbonyl (C=O) groups excluding carboxylic acids is 3. The minimum atomic E-state index is -4.28. The SMILES string of the molecule is CC(=O)S[C@H]1C[C@@H](CNS(=O)(=O)NC(=O)OC(C)(C)C)N(C(=O)OCc2ccc([N+](=O)[O-])cc2)C1. The second-order valence-electron chi connectivity index (χ2n) is 8.71. The van der Waals surface area contributed by atoms with E-state index in [1.54, 1.807) is 25.5 Å². The van der Waals surface area contributed by atoms with E-state index in [1.807, 2.05) is 0 Å². The van der Waals surface area contributed by atoms with Gasteiger partial charge in [0.15, 0.2) is 5.12 Å². The summed E-state index contributed by atoms with van der Waals surface area (Å²) in [5, 5.41) is 10.3. The number of nitrogens with one attached hydrogen (secondary N) is 2. The summed E-state index contributed by atoms with van der Waals surface area (Å²) in [6, 6.07) is 4.84. The fourth-order valence-corrected chi connectivity index (χ4v) is 4.97. The summed E-state index contributed by atoms with van der Waals surface area (Å²) in [4.78, 5) is 47.6. The molecule has 0 bridgehead atoms. The van der Waals surface area contributed by atoms with Gasteiger partial charge in [-0.1, -0.05) is 11.8 Å². The van der Waals surface area contributed by atoms with Gasteiger partial charge in [0.2, 0.25) is 0 Å². The van der Waals surface area contributed by atoms with Crippen molar-refractivity contribution in [1.82, 2.24) is 14.3 Å². The molecule has 1 aromatic carbocycles. The first kappa shape index (κ1) is 28.3. The maximum Gasteiger partial charge on any atom is 0.422 e. The molecule has 0 unspecified atom stereocenters. The van der Waals surface area contributed by atoms with Crippen molar-refractivity contribution in [2.24, 2.45) is 0 Å². The Bertz CT molecular complexity index is 1060. The molecule has 1 heterocycles. The van der Waals surface area contributed by atoms with Gasteiger partial charge in [-0.2, -0.15) is 13.1 Å². The number of nitro benzene ring substituents is 1. The number of ether oxygens (including phenoxy) is 2. The highest BCUT2D eigenvalue weighted by Crippen LogP contribution is 2.28. The first-order chi connectivity index (χ1) is 16.1. The molecular formula is C20H28N4O9S2. The van der Waals surface area contributed by atoms with E-state index in [4.69, 9.17) is 9.47 Å². The lowest BCUT2D eigenvalue weighted by molar-refractivity contribution is -0.384. The molecule has 1 fully saturated rings. The van der Waals surface area contributed by atoms with Crippen molar-refractivity contribution in [2.75, 3.05) is 13.1 Å². The molecule has 194 valence electrons. The average Bonchev–Trinajstić information content (AvgIpc) is 3.11. The van der Waals surface area contributed by atoms with Gasteiger partial charge in [-0.15, -0.1) is 0 Å². The van der Waals surface area contributed by atoms with Crippen molar-refractivity contribution in [3.05, 3.63) is 39.9 Å². The number of carbonyl (C=O) groups is 3. The van der Waals surface area contributed by atoms with Crippen molar-refractivity contribution >= 4 is 45.0 Å². The molecule has 1 aliphatic rings. The van der Waals surface area contributed by atoms with E-state index in [9.17, 15) is 32.9 Å². The highest BCUT2D eigenvalue weighted by atomic mass is 32.2. The molecule has 2 rings (SSSR count). The monoisotopic (exact) mass is 532 g/mol. The lowest BCUT2D eigenvalue weighted by Crippen LogP contribution is -2.48. The highest BCUT2D eigenvalue weighted by Gasteiger charge is 2.38. The summed E-state index contributed by atoms with van der Waals surface area (Å²) >= 11 is 1.04. The van der Waals surface area contributed by atoms with Crippen molar-refractivity contribution < 1.29 is 37.2 Å². The quantitative estimate of drug-likeness (QED) is 0.373. The summed E-state index contributed by atoms with van der Waals surface area (Å²) in [5.74, 6) is 0. The van der Waals surface area contributed by atoms with Crippen LogP contribution in [0.1, 0.15) is 39.7 Å². The van der Waals surface area contributed by atoms with E-state index >= 15 is 0 Å². The average molecular weight is 533 g/mol. The smallest absolute Gasteiger partial charge is 0.422 e. The number of hydrogen-bond donors (Lipinski definition) is 2. The summed E-state index contributed by atoms with van der Waals surface area (Å²) in [5.41, 5.74) is -0.473. The van der Waals surface area contributed by atoms with Gasteiger partial charge in [0.25, 0.3) is 5.69 Å². The Morgan fingerprint density at radius 3 is 2.40 bits per heavy atom. The molecule has 13 nitrogen and oxygen atoms in total. The number of amides is 2. The van der Waals surface area contributed by atoms with Gasteiger partial charge in [0, 0.05) is 43.4 Å². The van der Waals surface area contributed by atoms with E-state index in [1.165, 1.54) is 36.1 Å². The minimum Gasteiger partial charge on any atom is -0.445 e. The summed E-state index contributed by atoms with van der Waals surface area (Å²) in [7, 11) is -4.28. The van der Waals surface area contributed by atoms with Gasteiger partial charge in [-0.25, -0.2) is 14.3 Å². The highest BCUT2D eigenvalue weighted by molar-refractivity contribution is 8.14. The molecule has 1 aromatic rings. The maximum absolute atomic E-state index is 12.7. The van der Waals surface area contributed by atoms with E-state index < -0.39 is 39.0 Å². The molecule has 2 N–H and O–H groups in total. The van der Waals surface area contributed by atoms with Gasteiger partial charge in [-0.3, -0.25) is 14.9 Å². The number of rotatable bonds is 8. The number of likely N-dealkylation sites (tertiary alicyclic amines) is 1. The molecule has 0 spiro atoms. The van der Waals surface area contributed by atoms with Crippen LogP contribution in [-0.2, 0) is 31.1 Å². The summed E-state index contributed by atoms with van der Waals surface area (Å²) < 4.78 is 38.7. The van der Waals surface area contributed by atoms with E-state index in [-0.39, 0.29) is 35.7 Å². The van der Waals surface area contributed by atoms with Crippen LogP contribution in [-0.4, -0.2) is 65.5 Å². The third-order valence-electron chi connectivity index (χ3n) is 4.58. The predicted molar refractivity (Wildman–Crippen MR) is 127 cm³/mol. The third kappa shape index (κ3) is 9.70. The Labute approximate surface area is 207 Å². The second-order valence-corrected chi connectivity index (χ2v) is 11.7. The first-order valence-corrected chi connectivity index (χ1v) is 12.9. The summed E-state index contributed by atoms with van der Waals surface area (Å²) in [6.45, 7) is 5.89. The number of thioether (sulfide) groups is 1.